The Labute approximate surface area is 132 Å². The summed E-state index contributed by atoms with van der Waals surface area (Å²) < 4.78 is 0. The topological polar surface area (TPSA) is 52.0 Å². The van der Waals surface area contributed by atoms with Gasteiger partial charge < -0.3 is 10.2 Å². The van der Waals surface area contributed by atoms with Gasteiger partial charge >= 0.3 is 0 Å². The molecule has 1 aromatic carbocycles. The van der Waals surface area contributed by atoms with Crippen LogP contribution >= 0.6 is 0 Å². The second-order valence-corrected chi connectivity index (χ2v) is 5.39. The van der Waals surface area contributed by atoms with E-state index in [0.717, 1.165) is 18.8 Å². The minimum Gasteiger partial charge on any atom is -0.374 e. The first-order chi connectivity index (χ1) is 10.7. The molecule has 114 valence electrons. The Bertz CT molecular complexity index is 601. The fourth-order valence-corrected chi connectivity index (χ4v) is 2.24. The van der Waals surface area contributed by atoms with Gasteiger partial charge in [-0.2, -0.15) is 5.26 Å². The molecule has 0 aliphatic carbocycles. The zero-order valence-electron chi connectivity index (χ0n) is 13.2. The first kappa shape index (κ1) is 16.0. The molecule has 1 atom stereocenters. The molecule has 2 rings (SSSR count). The van der Waals surface area contributed by atoms with Crippen molar-refractivity contribution < 1.29 is 0 Å². The van der Waals surface area contributed by atoms with Crippen LogP contribution in [-0.2, 0) is 6.54 Å². The molecular weight excluding hydrogens is 272 g/mol. The van der Waals surface area contributed by atoms with E-state index < -0.39 is 0 Å². The third-order valence-electron chi connectivity index (χ3n) is 3.73. The van der Waals surface area contributed by atoms with Crippen molar-refractivity contribution in [3.63, 3.8) is 0 Å². The molecule has 2 aromatic rings. The van der Waals surface area contributed by atoms with Crippen LogP contribution in [0.25, 0.3) is 0 Å². The lowest BCUT2D eigenvalue weighted by Gasteiger charge is -2.18. The number of rotatable bonds is 7. The minimum atomic E-state index is 0.270. The molecule has 1 aromatic heterocycles. The van der Waals surface area contributed by atoms with Crippen LogP contribution < -0.4 is 10.2 Å². The molecule has 1 heterocycles. The number of hydrogen-bond donors (Lipinski definition) is 1. The van der Waals surface area contributed by atoms with Crippen LogP contribution in [0.3, 0.4) is 0 Å². The van der Waals surface area contributed by atoms with Crippen molar-refractivity contribution >= 4 is 5.69 Å². The van der Waals surface area contributed by atoms with Crippen molar-refractivity contribution in [2.45, 2.75) is 25.9 Å². The Kier molecular flexibility index (Phi) is 5.93. The quantitative estimate of drug-likeness (QED) is 0.851. The normalized spacial score (nSPS) is 11.7. The number of hydrogen-bond acceptors (Lipinski definition) is 4. The summed E-state index contributed by atoms with van der Waals surface area (Å²) in [6.07, 6.45) is 4.23. The van der Waals surface area contributed by atoms with Gasteiger partial charge in [0.1, 0.15) is 0 Å². The summed E-state index contributed by atoms with van der Waals surface area (Å²) in [7, 11) is 2.01. The molecule has 4 nitrogen and oxygen atoms in total. The van der Waals surface area contributed by atoms with Gasteiger partial charge in [-0.05, 0) is 36.2 Å². The van der Waals surface area contributed by atoms with E-state index in [9.17, 15) is 0 Å². The highest BCUT2D eigenvalue weighted by Gasteiger charge is 2.05. The second kappa shape index (κ2) is 8.16. The van der Waals surface area contributed by atoms with Crippen LogP contribution in [0.1, 0.15) is 30.5 Å². The third kappa shape index (κ3) is 4.57. The zero-order chi connectivity index (χ0) is 15.8. The smallest absolute Gasteiger partial charge is 0.0640 e. The summed E-state index contributed by atoms with van der Waals surface area (Å²) in [6, 6.07) is 14.9. The molecule has 0 aliphatic rings. The molecule has 0 amide bonds. The highest BCUT2D eigenvalue weighted by molar-refractivity contribution is 5.46. The van der Waals surface area contributed by atoms with Crippen LogP contribution in [-0.4, -0.2) is 18.6 Å². The molecule has 0 saturated carbocycles. The van der Waals surface area contributed by atoms with Crippen molar-refractivity contribution in [2.24, 2.45) is 0 Å². The van der Waals surface area contributed by atoms with Crippen LogP contribution in [0.4, 0.5) is 5.69 Å². The Balaban J connectivity index is 1.88. The van der Waals surface area contributed by atoms with Gasteiger partial charge in [-0.25, -0.2) is 0 Å². The monoisotopic (exact) mass is 294 g/mol. The van der Waals surface area contributed by atoms with Gasteiger partial charge in [-0.1, -0.05) is 18.2 Å². The fraction of sp³-hybridized carbons (Fsp3) is 0.333. The number of nitrogens with one attached hydrogen (secondary N) is 1. The summed E-state index contributed by atoms with van der Waals surface area (Å²) in [5.74, 6) is 0. The first-order valence-electron chi connectivity index (χ1n) is 7.51. The van der Waals surface area contributed by atoms with Gasteiger partial charge in [0.15, 0.2) is 0 Å². The van der Waals surface area contributed by atoms with Crippen molar-refractivity contribution in [1.82, 2.24) is 10.3 Å². The first-order valence-corrected chi connectivity index (χ1v) is 7.51. The predicted molar refractivity (Wildman–Crippen MR) is 89.4 cm³/mol. The molecule has 0 aliphatic heterocycles. The number of benzene rings is 1. The number of anilines is 1. The van der Waals surface area contributed by atoms with Crippen molar-refractivity contribution in [3.8, 4) is 6.07 Å². The highest BCUT2D eigenvalue weighted by atomic mass is 15.1. The van der Waals surface area contributed by atoms with E-state index in [2.05, 4.69) is 58.5 Å². The maximum atomic E-state index is 8.63. The standard InChI is InChI=1S/C18H22N4/c1-15(17-5-3-11-20-14-17)21-13-16-6-8-18(9-7-16)22(2)12-4-10-19/h3,5-9,11,14-15,21H,4,12-13H2,1-2H3. The molecule has 0 bridgehead atoms. The van der Waals surface area contributed by atoms with Gasteiger partial charge in [0, 0.05) is 44.3 Å². The van der Waals surface area contributed by atoms with Gasteiger partial charge in [-0.15, -0.1) is 0 Å². The average molecular weight is 294 g/mol. The molecule has 0 radical (unpaired) electrons. The Morgan fingerprint density at radius 2 is 2.05 bits per heavy atom. The lowest BCUT2D eigenvalue weighted by atomic mass is 10.1. The Hall–Kier alpha value is -2.38. The van der Waals surface area contributed by atoms with Gasteiger partial charge in [0.25, 0.3) is 0 Å². The van der Waals surface area contributed by atoms with Crippen molar-refractivity contribution in [1.29, 1.82) is 5.26 Å². The molecule has 0 spiro atoms. The third-order valence-corrected chi connectivity index (χ3v) is 3.73. The molecular formula is C18H22N4. The van der Waals surface area contributed by atoms with E-state index in [1.807, 2.05) is 19.3 Å². The highest BCUT2D eigenvalue weighted by Crippen LogP contribution is 2.15. The number of aromatic nitrogens is 1. The maximum absolute atomic E-state index is 8.63. The molecule has 0 fully saturated rings. The Morgan fingerprint density at radius 1 is 1.27 bits per heavy atom. The fourth-order valence-electron chi connectivity index (χ4n) is 2.24. The van der Waals surface area contributed by atoms with E-state index in [0.29, 0.717) is 6.42 Å². The largest absolute Gasteiger partial charge is 0.374 e. The lowest BCUT2D eigenvalue weighted by molar-refractivity contribution is 0.573. The number of nitrogens with zero attached hydrogens (tertiary/aromatic N) is 3. The van der Waals surface area contributed by atoms with Crippen LogP contribution in [0.15, 0.2) is 48.8 Å². The van der Waals surface area contributed by atoms with E-state index in [-0.39, 0.29) is 6.04 Å². The van der Waals surface area contributed by atoms with E-state index in [1.54, 1.807) is 6.20 Å². The summed E-state index contributed by atoms with van der Waals surface area (Å²) in [5, 5.41) is 12.1. The Morgan fingerprint density at radius 3 is 2.68 bits per heavy atom. The van der Waals surface area contributed by atoms with E-state index in [4.69, 9.17) is 5.26 Å². The van der Waals surface area contributed by atoms with E-state index >= 15 is 0 Å². The molecule has 1 unspecified atom stereocenters. The van der Waals surface area contributed by atoms with E-state index in [1.165, 1.54) is 11.1 Å². The number of pyridine rings is 1. The SMILES string of the molecule is CC(NCc1ccc(N(C)CCC#N)cc1)c1cccnc1. The molecule has 22 heavy (non-hydrogen) atoms. The summed E-state index contributed by atoms with van der Waals surface area (Å²) >= 11 is 0. The lowest BCUT2D eigenvalue weighted by Crippen LogP contribution is -2.19. The van der Waals surface area contributed by atoms with Crippen LogP contribution in [0.2, 0.25) is 0 Å². The minimum absolute atomic E-state index is 0.270. The zero-order valence-corrected chi connectivity index (χ0v) is 13.2. The molecule has 4 heteroatoms. The van der Waals surface area contributed by atoms with Gasteiger partial charge in [0.2, 0.25) is 0 Å². The van der Waals surface area contributed by atoms with Crippen molar-refractivity contribution in [2.75, 3.05) is 18.5 Å². The molecule has 1 N–H and O–H groups in total. The van der Waals surface area contributed by atoms with Gasteiger partial charge in [0.05, 0.1) is 12.5 Å². The summed E-state index contributed by atoms with van der Waals surface area (Å²) in [6.45, 7) is 3.71. The summed E-state index contributed by atoms with van der Waals surface area (Å²) in [4.78, 5) is 6.24. The predicted octanol–water partition coefficient (Wildman–Crippen LogP) is 3.28. The van der Waals surface area contributed by atoms with Crippen molar-refractivity contribution in [3.05, 3.63) is 59.9 Å². The van der Waals surface area contributed by atoms with Crippen LogP contribution in [0.5, 0.6) is 0 Å². The van der Waals surface area contributed by atoms with Crippen LogP contribution in [0, 0.1) is 11.3 Å². The average Bonchev–Trinajstić information content (AvgIpc) is 2.58. The second-order valence-electron chi connectivity index (χ2n) is 5.39. The maximum Gasteiger partial charge on any atom is 0.0640 e. The summed E-state index contributed by atoms with van der Waals surface area (Å²) in [5.41, 5.74) is 3.57. The van der Waals surface area contributed by atoms with Gasteiger partial charge in [-0.3, -0.25) is 4.98 Å². The number of nitriles is 1. The molecule has 0 saturated heterocycles.